The zero-order valence-corrected chi connectivity index (χ0v) is 14.3. The van der Waals surface area contributed by atoms with Gasteiger partial charge >= 0.3 is 0 Å². The number of hydrogen-bond acceptors (Lipinski definition) is 2. The summed E-state index contributed by atoms with van der Waals surface area (Å²) in [4.78, 5) is 12.5. The van der Waals surface area contributed by atoms with Crippen LogP contribution in [-0.4, -0.2) is 16.4 Å². The van der Waals surface area contributed by atoms with Crippen molar-refractivity contribution in [3.05, 3.63) is 29.3 Å². The van der Waals surface area contributed by atoms with Gasteiger partial charge in [-0.3, -0.25) is 4.79 Å². The maximum Gasteiger partial charge on any atom is 0.237 e. The molecule has 1 N–H and O–H groups in total. The number of rotatable bonds is 5. The SMILES string of the molecule is CCc1cccc(C)c1NC(=O)C(C)SC1CCCCC1. The van der Waals surface area contributed by atoms with Crippen molar-refractivity contribution >= 4 is 23.4 Å². The summed E-state index contributed by atoms with van der Waals surface area (Å²) in [6, 6.07) is 6.22. The Morgan fingerprint density at radius 2 is 2.05 bits per heavy atom. The Morgan fingerprint density at radius 1 is 1.33 bits per heavy atom. The van der Waals surface area contributed by atoms with E-state index in [1.807, 2.05) is 18.7 Å². The summed E-state index contributed by atoms with van der Waals surface area (Å²) in [5.74, 6) is 0.148. The van der Waals surface area contributed by atoms with Crippen LogP contribution < -0.4 is 5.32 Å². The van der Waals surface area contributed by atoms with Crippen molar-refractivity contribution < 1.29 is 4.79 Å². The number of carbonyl (C=O) groups is 1. The van der Waals surface area contributed by atoms with Gasteiger partial charge in [-0.15, -0.1) is 11.8 Å². The average Bonchev–Trinajstić information content (AvgIpc) is 2.50. The lowest BCUT2D eigenvalue weighted by atomic mass is 10.0. The summed E-state index contributed by atoms with van der Waals surface area (Å²) in [6.07, 6.45) is 7.50. The molecular formula is C18H27NOS. The Labute approximate surface area is 133 Å². The van der Waals surface area contributed by atoms with E-state index in [0.29, 0.717) is 5.25 Å². The molecule has 1 aliphatic carbocycles. The quantitative estimate of drug-likeness (QED) is 0.834. The van der Waals surface area contributed by atoms with Gasteiger partial charge < -0.3 is 5.32 Å². The number of aryl methyl sites for hydroxylation is 2. The predicted molar refractivity (Wildman–Crippen MR) is 93.1 cm³/mol. The van der Waals surface area contributed by atoms with Gasteiger partial charge in [0.15, 0.2) is 0 Å². The minimum Gasteiger partial charge on any atom is -0.325 e. The Balaban J connectivity index is 1.97. The van der Waals surface area contributed by atoms with Gasteiger partial charge in [-0.25, -0.2) is 0 Å². The van der Waals surface area contributed by atoms with Crippen LogP contribution in [0.25, 0.3) is 0 Å². The molecule has 0 spiro atoms. The van der Waals surface area contributed by atoms with E-state index >= 15 is 0 Å². The lowest BCUT2D eigenvalue weighted by Crippen LogP contribution is -2.26. The van der Waals surface area contributed by atoms with Crippen molar-refractivity contribution in [1.82, 2.24) is 0 Å². The zero-order valence-electron chi connectivity index (χ0n) is 13.4. The molecule has 1 unspecified atom stereocenters. The number of para-hydroxylation sites is 1. The Morgan fingerprint density at radius 3 is 2.71 bits per heavy atom. The molecule has 1 aromatic rings. The van der Waals surface area contributed by atoms with E-state index in [2.05, 4.69) is 37.4 Å². The second-order valence-electron chi connectivity index (χ2n) is 5.99. The molecule has 0 aliphatic heterocycles. The maximum atomic E-state index is 12.5. The van der Waals surface area contributed by atoms with E-state index in [0.717, 1.165) is 17.7 Å². The molecule has 0 saturated heterocycles. The highest BCUT2D eigenvalue weighted by Crippen LogP contribution is 2.32. The van der Waals surface area contributed by atoms with E-state index in [1.54, 1.807) is 0 Å². The van der Waals surface area contributed by atoms with Crippen LogP contribution in [0, 0.1) is 6.92 Å². The number of benzene rings is 1. The fourth-order valence-electron chi connectivity index (χ4n) is 2.98. The molecule has 1 aliphatic rings. The number of anilines is 1. The molecule has 0 bridgehead atoms. The molecule has 1 fully saturated rings. The number of thioether (sulfide) groups is 1. The Hall–Kier alpha value is -0.960. The molecule has 0 heterocycles. The predicted octanol–water partition coefficient (Wildman–Crippen LogP) is 4.95. The first-order chi connectivity index (χ1) is 10.1. The molecule has 116 valence electrons. The summed E-state index contributed by atoms with van der Waals surface area (Å²) in [5, 5.41) is 3.85. The topological polar surface area (TPSA) is 29.1 Å². The highest BCUT2D eigenvalue weighted by molar-refractivity contribution is 8.01. The van der Waals surface area contributed by atoms with Crippen LogP contribution in [0.4, 0.5) is 5.69 Å². The molecular weight excluding hydrogens is 278 g/mol. The third-order valence-electron chi connectivity index (χ3n) is 4.31. The largest absolute Gasteiger partial charge is 0.325 e. The fourth-order valence-corrected chi connectivity index (χ4v) is 4.34. The molecule has 0 radical (unpaired) electrons. The zero-order chi connectivity index (χ0) is 15.2. The smallest absolute Gasteiger partial charge is 0.237 e. The van der Waals surface area contributed by atoms with Crippen LogP contribution >= 0.6 is 11.8 Å². The van der Waals surface area contributed by atoms with Crippen molar-refractivity contribution in [2.24, 2.45) is 0 Å². The fraction of sp³-hybridized carbons (Fsp3) is 0.611. The summed E-state index contributed by atoms with van der Waals surface area (Å²) in [7, 11) is 0. The van der Waals surface area contributed by atoms with Crippen molar-refractivity contribution in [3.8, 4) is 0 Å². The van der Waals surface area contributed by atoms with Crippen molar-refractivity contribution in [1.29, 1.82) is 0 Å². The van der Waals surface area contributed by atoms with E-state index in [-0.39, 0.29) is 11.2 Å². The normalized spacial score (nSPS) is 17.5. The van der Waals surface area contributed by atoms with Gasteiger partial charge in [0.25, 0.3) is 0 Å². The van der Waals surface area contributed by atoms with Gasteiger partial charge in [0, 0.05) is 10.9 Å². The minimum absolute atomic E-state index is 0.0254. The second-order valence-corrected chi connectivity index (χ2v) is 7.64. The number of hydrogen-bond donors (Lipinski definition) is 1. The van der Waals surface area contributed by atoms with Gasteiger partial charge in [0.1, 0.15) is 0 Å². The van der Waals surface area contributed by atoms with Crippen molar-refractivity contribution in [3.63, 3.8) is 0 Å². The van der Waals surface area contributed by atoms with Crippen LogP contribution in [0.3, 0.4) is 0 Å². The van der Waals surface area contributed by atoms with Crippen LogP contribution in [0.5, 0.6) is 0 Å². The first-order valence-corrected chi connectivity index (χ1v) is 9.11. The van der Waals surface area contributed by atoms with Crippen LogP contribution in [0.2, 0.25) is 0 Å². The molecule has 3 heteroatoms. The van der Waals surface area contributed by atoms with Gasteiger partial charge in [0.05, 0.1) is 5.25 Å². The summed E-state index contributed by atoms with van der Waals surface area (Å²) >= 11 is 1.86. The molecule has 2 nitrogen and oxygen atoms in total. The first-order valence-electron chi connectivity index (χ1n) is 8.16. The van der Waals surface area contributed by atoms with Gasteiger partial charge in [-0.2, -0.15) is 0 Å². The number of amides is 1. The van der Waals surface area contributed by atoms with Crippen molar-refractivity contribution in [2.75, 3.05) is 5.32 Å². The third-order valence-corrected chi connectivity index (χ3v) is 5.78. The summed E-state index contributed by atoms with van der Waals surface area (Å²) in [6.45, 7) is 6.23. The van der Waals surface area contributed by atoms with E-state index < -0.39 is 0 Å². The van der Waals surface area contributed by atoms with Gasteiger partial charge in [-0.1, -0.05) is 44.4 Å². The lowest BCUT2D eigenvalue weighted by Gasteiger charge is -2.24. The van der Waals surface area contributed by atoms with Crippen LogP contribution in [-0.2, 0) is 11.2 Å². The molecule has 1 amide bonds. The highest BCUT2D eigenvalue weighted by atomic mass is 32.2. The highest BCUT2D eigenvalue weighted by Gasteiger charge is 2.22. The number of carbonyl (C=O) groups excluding carboxylic acids is 1. The van der Waals surface area contributed by atoms with E-state index in [4.69, 9.17) is 0 Å². The Bertz CT molecular complexity index is 480. The van der Waals surface area contributed by atoms with E-state index in [9.17, 15) is 4.79 Å². The molecule has 1 aromatic carbocycles. The molecule has 1 atom stereocenters. The summed E-state index contributed by atoms with van der Waals surface area (Å²) < 4.78 is 0. The first kappa shape index (κ1) is 16.4. The average molecular weight is 305 g/mol. The lowest BCUT2D eigenvalue weighted by molar-refractivity contribution is -0.115. The molecule has 21 heavy (non-hydrogen) atoms. The van der Waals surface area contributed by atoms with Crippen molar-refractivity contribution in [2.45, 2.75) is 69.8 Å². The minimum atomic E-state index is 0.0254. The molecule has 1 saturated carbocycles. The van der Waals surface area contributed by atoms with E-state index in [1.165, 1.54) is 37.7 Å². The van der Waals surface area contributed by atoms with Gasteiger partial charge in [0.2, 0.25) is 5.91 Å². The standard InChI is InChI=1S/C18H27NOS/c1-4-15-10-8-9-13(2)17(15)19-18(20)14(3)21-16-11-6-5-7-12-16/h8-10,14,16H,4-7,11-12H2,1-3H3,(H,19,20). The second kappa shape index (κ2) is 7.88. The monoisotopic (exact) mass is 305 g/mol. The maximum absolute atomic E-state index is 12.5. The molecule has 2 rings (SSSR count). The third kappa shape index (κ3) is 4.50. The summed E-state index contributed by atoms with van der Waals surface area (Å²) in [5.41, 5.74) is 3.39. The number of nitrogens with one attached hydrogen (secondary N) is 1. The molecule has 0 aromatic heterocycles. The van der Waals surface area contributed by atoms with Gasteiger partial charge in [-0.05, 0) is 44.2 Å². The van der Waals surface area contributed by atoms with Crippen LogP contribution in [0.1, 0.15) is 57.1 Å². The van der Waals surface area contributed by atoms with Crippen LogP contribution in [0.15, 0.2) is 18.2 Å². The Kier molecular flexibility index (Phi) is 6.16.